The van der Waals surface area contributed by atoms with Gasteiger partial charge >= 0.3 is 12.4 Å². The molecule has 41 heavy (non-hydrogen) atoms. The Labute approximate surface area is 230 Å². The Morgan fingerprint density at radius 2 is 1.56 bits per heavy atom. The number of fused-ring (bicyclic) bond motifs is 5. The van der Waals surface area contributed by atoms with E-state index in [1.165, 1.54) is 54.1 Å². The van der Waals surface area contributed by atoms with E-state index in [0.29, 0.717) is 18.6 Å². The van der Waals surface area contributed by atoms with Crippen molar-refractivity contribution in [3.05, 3.63) is 76.1 Å². The van der Waals surface area contributed by atoms with Gasteiger partial charge in [-0.15, -0.1) is 0 Å². The van der Waals surface area contributed by atoms with Crippen LogP contribution in [0.4, 0.5) is 26.3 Å². The summed E-state index contributed by atoms with van der Waals surface area (Å²) in [7, 11) is 1.37. The van der Waals surface area contributed by atoms with E-state index >= 15 is 0 Å². The molecule has 0 amide bonds. The Morgan fingerprint density at radius 3 is 2.20 bits per heavy atom. The number of pyridine rings is 1. The van der Waals surface area contributed by atoms with Crippen LogP contribution in [0.1, 0.15) is 30.9 Å². The van der Waals surface area contributed by atoms with Crippen LogP contribution in [0, 0.1) is 0 Å². The Bertz CT molecular complexity index is 1630. The van der Waals surface area contributed by atoms with Gasteiger partial charge in [-0.2, -0.15) is 26.3 Å². The van der Waals surface area contributed by atoms with E-state index in [1.807, 2.05) is 6.92 Å². The van der Waals surface area contributed by atoms with E-state index in [2.05, 4.69) is 0 Å². The van der Waals surface area contributed by atoms with Crippen molar-refractivity contribution in [1.82, 2.24) is 4.57 Å². The van der Waals surface area contributed by atoms with Gasteiger partial charge in [0.05, 0.1) is 24.6 Å². The summed E-state index contributed by atoms with van der Waals surface area (Å²) >= 11 is 0. The topological polar surface area (TPSA) is 58.9 Å². The lowest BCUT2D eigenvalue weighted by atomic mass is 9.88. The number of halogens is 6. The highest BCUT2D eigenvalue weighted by molar-refractivity contribution is 6.09. The number of alkyl halides is 6. The van der Waals surface area contributed by atoms with Crippen molar-refractivity contribution in [2.24, 2.45) is 0 Å². The lowest BCUT2D eigenvalue weighted by Gasteiger charge is -2.38. The number of ether oxygens (including phenoxy) is 4. The van der Waals surface area contributed by atoms with Gasteiger partial charge in [0.1, 0.15) is 5.75 Å². The van der Waals surface area contributed by atoms with Gasteiger partial charge in [-0.05, 0) is 41.6 Å². The molecule has 0 saturated heterocycles. The van der Waals surface area contributed by atoms with Crippen LogP contribution in [0.15, 0.2) is 59.4 Å². The Kier molecular flexibility index (Phi) is 7.31. The zero-order valence-electron chi connectivity index (χ0n) is 22.0. The first-order chi connectivity index (χ1) is 19.4. The van der Waals surface area contributed by atoms with Gasteiger partial charge < -0.3 is 23.5 Å². The van der Waals surface area contributed by atoms with Crippen LogP contribution in [0.5, 0.6) is 17.2 Å². The highest BCUT2D eigenvalue weighted by atomic mass is 19.4. The molecule has 6 nitrogen and oxygen atoms in total. The minimum absolute atomic E-state index is 0.0404. The Morgan fingerprint density at radius 1 is 0.878 bits per heavy atom. The number of unbranched alkanes of at least 4 members (excludes halogenated alkanes) is 1. The zero-order chi connectivity index (χ0) is 29.6. The van der Waals surface area contributed by atoms with Gasteiger partial charge in [-0.3, -0.25) is 4.79 Å². The summed E-state index contributed by atoms with van der Waals surface area (Å²) in [6.45, 7) is 0.378. The zero-order valence-corrected chi connectivity index (χ0v) is 22.0. The van der Waals surface area contributed by atoms with Gasteiger partial charge in [0, 0.05) is 17.5 Å². The Hall–Kier alpha value is -3.93. The summed E-state index contributed by atoms with van der Waals surface area (Å²) < 4.78 is 111. The number of methoxy groups -OCH3 is 1. The molecule has 0 spiro atoms. The average molecular weight is 582 g/mol. The number of hydrogen-bond donors (Lipinski definition) is 0. The van der Waals surface area contributed by atoms with Gasteiger partial charge in [0.15, 0.2) is 11.5 Å². The molecule has 0 bridgehead atoms. The maximum atomic E-state index is 14.8. The third-order valence-corrected chi connectivity index (χ3v) is 7.09. The van der Waals surface area contributed by atoms with Crippen LogP contribution < -0.4 is 19.8 Å². The number of rotatable bonds is 8. The normalized spacial score (nSPS) is 13.8. The molecule has 4 aromatic rings. The molecule has 1 aromatic heterocycles. The number of aromatic nitrogens is 1. The molecule has 3 aromatic carbocycles. The van der Waals surface area contributed by atoms with E-state index in [-0.39, 0.29) is 39.5 Å². The molecule has 12 heteroatoms. The third-order valence-electron chi connectivity index (χ3n) is 7.09. The highest BCUT2D eigenvalue weighted by Crippen LogP contribution is 2.59. The molecule has 0 unspecified atom stereocenters. The molecule has 0 atom stereocenters. The van der Waals surface area contributed by atoms with Crippen LogP contribution in [0.25, 0.3) is 21.7 Å². The van der Waals surface area contributed by atoms with Crippen molar-refractivity contribution in [2.75, 3.05) is 13.9 Å². The third kappa shape index (κ3) is 4.63. The summed E-state index contributed by atoms with van der Waals surface area (Å²) in [4.78, 5) is 13.6. The van der Waals surface area contributed by atoms with E-state index in [0.717, 1.165) is 6.07 Å². The summed E-state index contributed by atoms with van der Waals surface area (Å²) in [5, 5.41) is 0.130. The molecule has 0 aliphatic carbocycles. The molecular weight excluding hydrogens is 556 g/mol. The van der Waals surface area contributed by atoms with Crippen molar-refractivity contribution in [2.45, 2.75) is 50.9 Å². The van der Waals surface area contributed by atoms with Gasteiger partial charge in [-0.1, -0.05) is 43.7 Å². The van der Waals surface area contributed by atoms with Crippen molar-refractivity contribution in [1.29, 1.82) is 0 Å². The summed E-state index contributed by atoms with van der Waals surface area (Å²) in [6, 6.07) is 12.3. The molecule has 0 saturated carbocycles. The second-order valence-corrected chi connectivity index (χ2v) is 9.56. The monoisotopic (exact) mass is 581 g/mol. The van der Waals surface area contributed by atoms with Crippen molar-refractivity contribution >= 4 is 21.7 Å². The van der Waals surface area contributed by atoms with E-state index in [1.54, 1.807) is 6.07 Å². The molecule has 5 rings (SSSR count). The predicted octanol–water partition coefficient (Wildman–Crippen LogP) is 7.23. The number of benzene rings is 3. The van der Waals surface area contributed by atoms with E-state index in [9.17, 15) is 31.1 Å². The van der Waals surface area contributed by atoms with Crippen molar-refractivity contribution in [3.63, 3.8) is 0 Å². The lowest BCUT2D eigenvalue weighted by molar-refractivity contribution is -0.392. The van der Waals surface area contributed by atoms with Crippen molar-refractivity contribution < 1.29 is 45.3 Å². The fraction of sp³-hybridized carbons (Fsp3) is 0.345. The molecule has 0 N–H and O–H groups in total. The maximum Gasteiger partial charge on any atom is 0.431 e. The molecular formula is C29H25F6NO5. The second-order valence-electron chi connectivity index (χ2n) is 9.56. The van der Waals surface area contributed by atoms with Crippen LogP contribution in [-0.4, -0.2) is 30.8 Å². The summed E-state index contributed by atoms with van der Waals surface area (Å²) in [6.07, 6.45) is -10.8. The average Bonchev–Trinajstić information content (AvgIpc) is 3.42. The first-order valence-electron chi connectivity index (χ1n) is 12.7. The first-order valence-corrected chi connectivity index (χ1v) is 12.7. The Balaban J connectivity index is 1.90. The fourth-order valence-corrected chi connectivity index (χ4v) is 5.10. The lowest BCUT2D eigenvalue weighted by Crippen LogP contribution is -2.56. The number of aryl methyl sites for hydroxylation is 1. The van der Waals surface area contributed by atoms with Crippen LogP contribution in [0.2, 0.25) is 0 Å². The molecule has 0 fully saturated rings. The van der Waals surface area contributed by atoms with Crippen molar-refractivity contribution in [3.8, 4) is 17.2 Å². The van der Waals surface area contributed by atoms with Crippen LogP contribution in [-0.2, 0) is 23.5 Å². The number of nitrogens with zero attached hydrogens (tertiary/aromatic N) is 1. The van der Waals surface area contributed by atoms with Crippen LogP contribution in [0.3, 0.4) is 0 Å². The SMILES string of the molecule is CCCCn1c(=O)c2cc(OC)ccc2c2cc(C(OCc3ccccc3)(C(F)(F)F)C(F)(F)F)c3c(c21)OCO3. The van der Waals surface area contributed by atoms with E-state index in [4.69, 9.17) is 18.9 Å². The fourth-order valence-electron chi connectivity index (χ4n) is 5.10. The van der Waals surface area contributed by atoms with Gasteiger partial charge in [0.2, 0.25) is 6.79 Å². The molecule has 1 aliphatic heterocycles. The van der Waals surface area contributed by atoms with Crippen LogP contribution >= 0.6 is 0 Å². The van der Waals surface area contributed by atoms with Gasteiger partial charge in [0.25, 0.3) is 11.2 Å². The molecule has 2 heterocycles. The predicted molar refractivity (Wildman–Crippen MR) is 138 cm³/mol. The molecule has 1 aliphatic rings. The highest BCUT2D eigenvalue weighted by Gasteiger charge is 2.75. The quantitative estimate of drug-likeness (QED) is 0.162. The maximum absolute atomic E-state index is 14.8. The summed E-state index contributed by atoms with van der Waals surface area (Å²) in [5.41, 5.74) is -6.45. The number of hydrogen-bond acceptors (Lipinski definition) is 5. The minimum Gasteiger partial charge on any atom is -0.497 e. The standard InChI is InChI=1S/C29H25F6NO5/c1-3-4-12-36-23-20(19-11-10-18(38-2)13-21(19)26(36)37)14-22(24-25(23)40-16-39-24)27(28(30,31)32,29(33,34)35)41-15-17-8-6-5-7-9-17/h5-11,13-14H,3-4,12,15-16H2,1-2H3. The molecule has 218 valence electrons. The smallest absolute Gasteiger partial charge is 0.431 e. The second kappa shape index (κ2) is 10.5. The first kappa shape index (κ1) is 28.6. The van der Waals surface area contributed by atoms with E-state index < -0.39 is 48.2 Å². The summed E-state index contributed by atoms with van der Waals surface area (Å²) in [5.74, 6) is -0.870. The minimum atomic E-state index is -5.97. The largest absolute Gasteiger partial charge is 0.497 e. The molecule has 0 radical (unpaired) electrons. The van der Waals surface area contributed by atoms with Gasteiger partial charge in [-0.25, -0.2) is 0 Å².